The van der Waals surface area contributed by atoms with E-state index >= 15 is 0 Å². The molecule has 6 heteroatoms. The second-order valence-electron chi connectivity index (χ2n) is 3.62. The van der Waals surface area contributed by atoms with Gasteiger partial charge < -0.3 is 5.11 Å². The molecule has 0 amide bonds. The minimum atomic E-state index is -3.67. The molecule has 0 atom stereocenters. The summed E-state index contributed by atoms with van der Waals surface area (Å²) in [5, 5.41) is 9.59. The molecule has 0 radical (unpaired) electrons. The molecule has 2 N–H and O–H groups in total. The zero-order valence-electron chi connectivity index (χ0n) is 9.17. The van der Waals surface area contributed by atoms with Gasteiger partial charge in [0.1, 0.15) is 5.75 Å². The van der Waals surface area contributed by atoms with E-state index in [1.807, 2.05) is 0 Å². The largest absolute Gasteiger partial charge is 0.508 e. The molecule has 18 heavy (non-hydrogen) atoms. The van der Waals surface area contributed by atoms with E-state index in [4.69, 9.17) is 11.6 Å². The van der Waals surface area contributed by atoms with Crippen molar-refractivity contribution in [3.63, 3.8) is 0 Å². The van der Waals surface area contributed by atoms with Gasteiger partial charge in [-0.2, -0.15) is 0 Å². The molecule has 2 aromatic carbocycles. The SMILES string of the molecule is O=S(=O)(Nc1cc(O)cc(Cl)c1)c1ccccc1. The molecular weight excluding hydrogens is 274 g/mol. The van der Waals surface area contributed by atoms with Crippen LogP contribution in [0.15, 0.2) is 53.4 Å². The quantitative estimate of drug-likeness (QED) is 0.910. The summed E-state index contributed by atoms with van der Waals surface area (Å²) in [7, 11) is -3.67. The number of halogens is 1. The zero-order valence-corrected chi connectivity index (χ0v) is 10.7. The molecule has 0 heterocycles. The van der Waals surface area contributed by atoms with E-state index < -0.39 is 10.0 Å². The van der Waals surface area contributed by atoms with Crippen LogP contribution in [0, 0.1) is 0 Å². The van der Waals surface area contributed by atoms with Crippen LogP contribution in [0.1, 0.15) is 0 Å². The fourth-order valence-corrected chi connectivity index (χ4v) is 2.74. The Balaban J connectivity index is 2.34. The fourth-order valence-electron chi connectivity index (χ4n) is 1.45. The Bertz CT molecular complexity index is 636. The average molecular weight is 284 g/mol. The van der Waals surface area contributed by atoms with Crippen molar-refractivity contribution in [2.24, 2.45) is 0 Å². The highest BCUT2D eigenvalue weighted by molar-refractivity contribution is 7.92. The molecule has 0 saturated carbocycles. The summed E-state index contributed by atoms with van der Waals surface area (Å²) in [6.07, 6.45) is 0. The van der Waals surface area contributed by atoms with E-state index in [0.29, 0.717) is 0 Å². The first-order valence-corrected chi connectivity index (χ1v) is 6.91. The number of anilines is 1. The Hall–Kier alpha value is -1.72. The lowest BCUT2D eigenvalue weighted by atomic mass is 10.3. The maximum absolute atomic E-state index is 12.0. The highest BCUT2D eigenvalue weighted by Gasteiger charge is 2.13. The second kappa shape index (κ2) is 4.88. The molecule has 2 aromatic rings. The van der Waals surface area contributed by atoms with Gasteiger partial charge in [0.15, 0.2) is 0 Å². The number of phenols is 1. The van der Waals surface area contributed by atoms with Crippen molar-refractivity contribution in [2.75, 3.05) is 4.72 Å². The summed E-state index contributed by atoms with van der Waals surface area (Å²) in [5.74, 6) is -0.103. The van der Waals surface area contributed by atoms with Crippen LogP contribution in [0.4, 0.5) is 5.69 Å². The van der Waals surface area contributed by atoms with Gasteiger partial charge in [0.05, 0.1) is 10.6 Å². The lowest BCUT2D eigenvalue weighted by molar-refractivity contribution is 0.475. The molecular formula is C12H10ClNO3S. The van der Waals surface area contributed by atoms with Crippen LogP contribution in [0.2, 0.25) is 5.02 Å². The van der Waals surface area contributed by atoms with E-state index in [1.54, 1.807) is 18.2 Å². The van der Waals surface area contributed by atoms with E-state index in [2.05, 4.69) is 4.72 Å². The molecule has 4 nitrogen and oxygen atoms in total. The highest BCUT2D eigenvalue weighted by atomic mass is 35.5. The molecule has 0 aliphatic heterocycles. The van der Waals surface area contributed by atoms with Crippen molar-refractivity contribution >= 4 is 27.3 Å². The van der Waals surface area contributed by atoms with Crippen LogP contribution in [-0.4, -0.2) is 13.5 Å². The Morgan fingerprint density at radius 1 is 1.06 bits per heavy atom. The van der Waals surface area contributed by atoms with Crippen molar-refractivity contribution in [3.8, 4) is 5.75 Å². The molecule has 0 bridgehead atoms. The number of rotatable bonds is 3. The molecule has 94 valence electrons. The second-order valence-corrected chi connectivity index (χ2v) is 5.74. The summed E-state index contributed by atoms with van der Waals surface area (Å²) in [5.41, 5.74) is 0.212. The number of hydrogen-bond donors (Lipinski definition) is 2. The molecule has 0 aliphatic carbocycles. The third kappa shape index (κ3) is 2.94. The van der Waals surface area contributed by atoms with Crippen LogP contribution in [0.3, 0.4) is 0 Å². The molecule has 0 unspecified atom stereocenters. The third-order valence-corrected chi connectivity index (χ3v) is 3.80. The maximum atomic E-state index is 12.0. The minimum Gasteiger partial charge on any atom is -0.508 e. The number of hydrogen-bond acceptors (Lipinski definition) is 3. The number of phenolic OH excluding ortho intramolecular Hbond substituents is 1. The predicted octanol–water partition coefficient (Wildman–Crippen LogP) is 2.85. The van der Waals surface area contributed by atoms with E-state index in [9.17, 15) is 13.5 Å². The summed E-state index contributed by atoms with van der Waals surface area (Å²) in [6, 6.07) is 12.0. The van der Waals surface area contributed by atoms with Gasteiger partial charge in [-0.1, -0.05) is 29.8 Å². The third-order valence-electron chi connectivity index (χ3n) is 2.19. The topological polar surface area (TPSA) is 66.4 Å². The van der Waals surface area contributed by atoms with Gasteiger partial charge in [0, 0.05) is 11.1 Å². The Labute approximate surface area is 110 Å². The van der Waals surface area contributed by atoms with Gasteiger partial charge in [0.2, 0.25) is 0 Å². The Morgan fingerprint density at radius 3 is 2.33 bits per heavy atom. The monoisotopic (exact) mass is 283 g/mol. The summed E-state index contributed by atoms with van der Waals surface area (Å²) in [4.78, 5) is 0.143. The van der Waals surface area contributed by atoms with E-state index in [-0.39, 0.29) is 21.4 Å². The van der Waals surface area contributed by atoms with Gasteiger partial charge in [0.25, 0.3) is 10.0 Å². The Kier molecular flexibility index (Phi) is 3.45. The van der Waals surface area contributed by atoms with Crippen LogP contribution >= 0.6 is 11.6 Å². The first kappa shape index (κ1) is 12.7. The predicted molar refractivity (Wildman–Crippen MR) is 70.4 cm³/mol. The van der Waals surface area contributed by atoms with Crippen LogP contribution in [-0.2, 0) is 10.0 Å². The lowest BCUT2D eigenvalue weighted by Gasteiger charge is -2.08. The molecule has 0 aromatic heterocycles. The number of benzene rings is 2. The van der Waals surface area contributed by atoms with E-state index in [1.165, 1.54) is 30.3 Å². The van der Waals surface area contributed by atoms with Gasteiger partial charge in [-0.25, -0.2) is 8.42 Å². The minimum absolute atomic E-state index is 0.103. The van der Waals surface area contributed by atoms with Crippen molar-refractivity contribution in [1.82, 2.24) is 0 Å². The van der Waals surface area contributed by atoms with Gasteiger partial charge >= 0.3 is 0 Å². The highest BCUT2D eigenvalue weighted by Crippen LogP contribution is 2.25. The standard InChI is InChI=1S/C12H10ClNO3S/c13-9-6-10(8-11(15)7-9)14-18(16,17)12-4-2-1-3-5-12/h1-8,14-15H. The lowest BCUT2D eigenvalue weighted by Crippen LogP contribution is -2.12. The van der Waals surface area contributed by atoms with Crippen LogP contribution < -0.4 is 4.72 Å². The average Bonchev–Trinajstić information content (AvgIpc) is 2.28. The van der Waals surface area contributed by atoms with Gasteiger partial charge in [-0.3, -0.25) is 4.72 Å². The molecule has 0 saturated heterocycles. The van der Waals surface area contributed by atoms with Crippen LogP contribution in [0.25, 0.3) is 0 Å². The normalized spacial score (nSPS) is 11.2. The van der Waals surface area contributed by atoms with Gasteiger partial charge in [-0.15, -0.1) is 0 Å². The number of aromatic hydroxyl groups is 1. The first-order chi connectivity index (χ1) is 8.47. The van der Waals surface area contributed by atoms with Crippen molar-refractivity contribution < 1.29 is 13.5 Å². The fraction of sp³-hybridized carbons (Fsp3) is 0. The molecule has 0 fully saturated rings. The summed E-state index contributed by atoms with van der Waals surface area (Å²) >= 11 is 5.73. The van der Waals surface area contributed by atoms with Crippen LogP contribution in [0.5, 0.6) is 5.75 Å². The van der Waals surface area contributed by atoms with Crippen molar-refractivity contribution in [3.05, 3.63) is 53.6 Å². The van der Waals surface area contributed by atoms with Gasteiger partial charge in [-0.05, 0) is 24.3 Å². The maximum Gasteiger partial charge on any atom is 0.261 e. The summed E-state index contributed by atoms with van der Waals surface area (Å²) in [6.45, 7) is 0. The molecule has 0 spiro atoms. The number of nitrogens with one attached hydrogen (secondary N) is 1. The van der Waals surface area contributed by atoms with Crippen molar-refractivity contribution in [2.45, 2.75) is 4.90 Å². The first-order valence-electron chi connectivity index (χ1n) is 5.05. The van der Waals surface area contributed by atoms with E-state index in [0.717, 1.165) is 0 Å². The zero-order chi connectivity index (χ0) is 13.2. The number of sulfonamides is 1. The molecule has 0 aliphatic rings. The Morgan fingerprint density at radius 2 is 1.72 bits per heavy atom. The van der Waals surface area contributed by atoms with Crippen molar-refractivity contribution in [1.29, 1.82) is 0 Å². The summed E-state index contributed by atoms with van der Waals surface area (Å²) < 4.78 is 26.3. The smallest absolute Gasteiger partial charge is 0.261 e. The molecule has 2 rings (SSSR count).